The fourth-order valence-electron chi connectivity index (χ4n) is 1.35. The number of carboxylic acid groups (broad SMARTS) is 1. The van der Waals surface area contributed by atoms with Crippen LogP contribution in [0.1, 0.15) is 15.9 Å². The molecule has 0 fully saturated rings. The summed E-state index contributed by atoms with van der Waals surface area (Å²) in [5.74, 6) is -0.498. The highest BCUT2D eigenvalue weighted by atomic mass is 32.1. The predicted molar refractivity (Wildman–Crippen MR) is 66.5 cm³/mol. The van der Waals surface area contributed by atoms with Crippen molar-refractivity contribution in [2.24, 2.45) is 0 Å². The maximum Gasteiger partial charge on any atom is 0.335 e. The third-order valence-corrected chi connectivity index (χ3v) is 2.96. The summed E-state index contributed by atoms with van der Waals surface area (Å²) in [6, 6.07) is 6.41. The number of thiophene rings is 1. The number of nitrogens with two attached hydrogens (primary N) is 1. The minimum absolute atomic E-state index is 0.158. The molecule has 0 saturated heterocycles. The van der Waals surface area contributed by atoms with Gasteiger partial charge in [0.05, 0.1) is 11.3 Å². The van der Waals surface area contributed by atoms with Crippen LogP contribution in [-0.2, 0) is 6.61 Å². The van der Waals surface area contributed by atoms with Crippen molar-refractivity contribution in [1.82, 2.24) is 0 Å². The number of hydrogen-bond donors (Lipinski definition) is 2. The van der Waals surface area contributed by atoms with Crippen LogP contribution in [0.25, 0.3) is 0 Å². The molecule has 1 aromatic heterocycles. The highest BCUT2D eigenvalue weighted by Crippen LogP contribution is 2.23. The van der Waals surface area contributed by atoms with Gasteiger partial charge in [-0.3, -0.25) is 0 Å². The van der Waals surface area contributed by atoms with Gasteiger partial charge in [0.25, 0.3) is 0 Å². The summed E-state index contributed by atoms with van der Waals surface area (Å²) in [6.45, 7) is 0.431. The lowest BCUT2D eigenvalue weighted by molar-refractivity contribution is 0.0697. The first-order chi connectivity index (χ1) is 8.16. The number of nitrogen functional groups attached to an aromatic ring is 1. The first-order valence-electron chi connectivity index (χ1n) is 4.93. The molecule has 2 rings (SSSR count). The zero-order valence-corrected chi connectivity index (χ0v) is 9.74. The average molecular weight is 249 g/mol. The maximum atomic E-state index is 10.7. The summed E-state index contributed by atoms with van der Waals surface area (Å²) in [7, 11) is 0. The predicted octanol–water partition coefficient (Wildman–Crippen LogP) is 2.61. The molecule has 0 bridgehead atoms. The largest absolute Gasteiger partial charge is 0.487 e. The summed E-state index contributed by atoms with van der Waals surface area (Å²) < 4.78 is 5.50. The SMILES string of the molecule is Nc1cc(C(=O)O)ccc1OCc1ccsc1. The molecule has 5 heteroatoms. The molecule has 4 nitrogen and oxygen atoms in total. The van der Waals surface area contributed by atoms with Crippen molar-refractivity contribution in [2.75, 3.05) is 5.73 Å². The molecule has 0 spiro atoms. The van der Waals surface area contributed by atoms with Crippen LogP contribution in [0.15, 0.2) is 35.0 Å². The zero-order valence-electron chi connectivity index (χ0n) is 8.92. The summed E-state index contributed by atoms with van der Waals surface area (Å²) in [5.41, 5.74) is 7.27. The maximum absolute atomic E-state index is 10.7. The van der Waals surface area contributed by atoms with Gasteiger partial charge in [-0.1, -0.05) is 0 Å². The number of benzene rings is 1. The molecule has 1 aromatic carbocycles. The number of carboxylic acids is 1. The zero-order chi connectivity index (χ0) is 12.3. The fourth-order valence-corrected chi connectivity index (χ4v) is 2.00. The summed E-state index contributed by atoms with van der Waals surface area (Å²) in [6.07, 6.45) is 0. The first-order valence-corrected chi connectivity index (χ1v) is 5.88. The number of aromatic carboxylic acids is 1. The lowest BCUT2D eigenvalue weighted by atomic mass is 10.2. The number of anilines is 1. The van der Waals surface area contributed by atoms with Crippen LogP contribution in [-0.4, -0.2) is 11.1 Å². The van der Waals surface area contributed by atoms with Crippen LogP contribution >= 0.6 is 11.3 Å². The van der Waals surface area contributed by atoms with Gasteiger partial charge in [-0.2, -0.15) is 11.3 Å². The van der Waals surface area contributed by atoms with Crippen LogP contribution in [0.4, 0.5) is 5.69 Å². The van der Waals surface area contributed by atoms with E-state index in [2.05, 4.69) is 0 Å². The third-order valence-electron chi connectivity index (χ3n) is 2.23. The summed E-state index contributed by atoms with van der Waals surface area (Å²) in [4.78, 5) is 10.7. The molecule has 0 unspecified atom stereocenters. The normalized spacial score (nSPS) is 10.1. The van der Waals surface area contributed by atoms with Crippen molar-refractivity contribution >= 4 is 23.0 Å². The van der Waals surface area contributed by atoms with E-state index in [0.717, 1.165) is 5.56 Å². The first kappa shape index (κ1) is 11.5. The number of ether oxygens (including phenoxy) is 1. The number of hydrogen-bond acceptors (Lipinski definition) is 4. The second-order valence-electron chi connectivity index (χ2n) is 3.48. The van der Waals surface area contributed by atoms with E-state index < -0.39 is 5.97 Å². The smallest absolute Gasteiger partial charge is 0.335 e. The van der Waals surface area contributed by atoms with E-state index in [1.54, 1.807) is 17.4 Å². The van der Waals surface area contributed by atoms with Crippen LogP contribution in [0.2, 0.25) is 0 Å². The van der Waals surface area contributed by atoms with Gasteiger partial charge in [-0.15, -0.1) is 0 Å². The Kier molecular flexibility index (Phi) is 3.30. The topological polar surface area (TPSA) is 72.6 Å². The van der Waals surface area contributed by atoms with E-state index in [4.69, 9.17) is 15.6 Å². The van der Waals surface area contributed by atoms with Crippen molar-refractivity contribution in [2.45, 2.75) is 6.61 Å². The highest BCUT2D eigenvalue weighted by Gasteiger charge is 2.07. The molecule has 0 radical (unpaired) electrons. The lowest BCUT2D eigenvalue weighted by Crippen LogP contribution is -2.01. The van der Waals surface area contributed by atoms with Crippen LogP contribution in [0.5, 0.6) is 5.75 Å². The Hall–Kier alpha value is -2.01. The Morgan fingerprint density at radius 1 is 1.41 bits per heavy atom. The van der Waals surface area contributed by atoms with E-state index in [-0.39, 0.29) is 5.56 Å². The Morgan fingerprint density at radius 3 is 2.82 bits per heavy atom. The van der Waals surface area contributed by atoms with E-state index >= 15 is 0 Å². The molecular weight excluding hydrogens is 238 g/mol. The van der Waals surface area contributed by atoms with Crippen molar-refractivity contribution in [3.63, 3.8) is 0 Å². The van der Waals surface area contributed by atoms with Crippen molar-refractivity contribution in [3.05, 3.63) is 46.2 Å². The van der Waals surface area contributed by atoms with E-state index in [1.165, 1.54) is 12.1 Å². The standard InChI is InChI=1S/C12H11NO3S/c13-10-5-9(12(14)15)1-2-11(10)16-6-8-3-4-17-7-8/h1-5,7H,6,13H2,(H,14,15). The Morgan fingerprint density at radius 2 is 2.24 bits per heavy atom. The Balaban J connectivity index is 2.09. The third kappa shape index (κ3) is 2.76. The molecule has 2 aromatic rings. The van der Waals surface area contributed by atoms with Crippen LogP contribution in [0.3, 0.4) is 0 Å². The van der Waals surface area contributed by atoms with Gasteiger partial charge >= 0.3 is 5.97 Å². The molecule has 3 N–H and O–H groups in total. The summed E-state index contributed by atoms with van der Waals surface area (Å²) >= 11 is 1.60. The van der Waals surface area contributed by atoms with Gasteiger partial charge < -0.3 is 15.6 Å². The van der Waals surface area contributed by atoms with Gasteiger partial charge in [-0.25, -0.2) is 4.79 Å². The molecule has 0 amide bonds. The van der Waals surface area contributed by atoms with Crippen molar-refractivity contribution in [1.29, 1.82) is 0 Å². The van der Waals surface area contributed by atoms with Crippen LogP contribution < -0.4 is 10.5 Å². The molecule has 0 aliphatic rings. The molecule has 0 aliphatic carbocycles. The average Bonchev–Trinajstić information content (AvgIpc) is 2.80. The van der Waals surface area contributed by atoms with Crippen LogP contribution in [0, 0.1) is 0 Å². The monoisotopic (exact) mass is 249 g/mol. The van der Waals surface area contributed by atoms with Gasteiger partial charge in [-0.05, 0) is 40.6 Å². The van der Waals surface area contributed by atoms with Crippen molar-refractivity contribution in [3.8, 4) is 5.75 Å². The minimum atomic E-state index is -0.999. The molecule has 88 valence electrons. The number of carbonyl (C=O) groups is 1. The molecule has 17 heavy (non-hydrogen) atoms. The molecule has 0 aliphatic heterocycles. The Labute approximate surface area is 102 Å². The quantitative estimate of drug-likeness (QED) is 0.817. The van der Waals surface area contributed by atoms with Gasteiger partial charge in [0, 0.05) is 0 Å². The second-order valence-corrected chi connectivity index (χ2v) is 4.26. The van der Waals surface area contributed by atoms with E-state index in [1.807, 2.05) is 16.8 Å². The summed E-state index contributed by atoms with van der Waals surface area (Å²) in [5, 5.41) is 12.7. The van der Waals surface area contributed by atoms with Gasteiger partial charge in [0.2, 0.25) is 0 Å². The molecule has 0 atom stereocenters. The molecular formula is C12H11NO3S. The minimum Gasteiger partial charge on any atom is -0.487 e. The van der Waals surface area contributed by atoms with E-state index in [0.29, 0.717) is 18.0 Å². The fraction of sp³-hybridized carbons (Fsp3) is 0.0833. The molecule has 1 heterocycles. The highest BCUT2D eigenvalue weighted by molar-refractivity contribution is 7.07. The van der Waals surface area contributed by atoms with Crippen molar-refractivity contribution < 1.29 is 14.6 Å². The van der Waals surface area contributed by atoms with E-state index in [9.17, 15) is 4.79 Å². The van der Waals surface area contributed by atoms with Gasteiger partial charge in [0.15, 0.2) is 0 Å². The number of rotatable bonds is 4. The second kappa shape index (κ2) is 4.88. The molecule has 0 saturated carbocycles. The Bertz CT molecular complexity index is 523. The lowest BCUT2D eigenvalue weighted by Gasteiger charge is -2.08. The van der Waals surface area contributed by atoms with Gasteiger partial charge in [0.1, 0.15) is 12.4 Å².